The summed E-state index contributed by atoms with van der Waals surface area (Å²) in [6.45, 7) is 8.19. The van der Waals surface area contributed by atoms with Gasteiger partial charge in [-0.25, -0.2) is 4.98 Å². The van der Waals surface area contributed by atoms with Gasteiger partial charge in [-0.05, 0) is 52.4 Å². The molecule has 0 radical (unpaired) electrons. The van der Waals surface area contributed by atoms with Crippen LogP contribution in [0.5, 0.6) is 0 Å². The van der Waals surface area contributed by atoms with E-state index in [9.17, 15) is 0 Å². The van der Waals surface area contributed by atoms with E-state index in [0.29, 0.717) is 6.04 Å². The van der Waals surface area contributed by atoms with Crippen molar-refractivity contribution >= 4 is 11.3 Å². The molecule has 0 bridgehead atoms. The molecule has 0 aliphatic carbocycles. The molecule has 18 heavy (non-hydrogen) atoms. The van der Waals surface area contributed by atoms with Gasteiger partial charge in [0.2, 0.25) is 0 Å². The van der Waals surface area contributed by atoms with Crippen LogP contribution < -0.4 is 5.32 Å². The predicted octanol–water partition coefficient (Wildman–Crippen LogP) is 2.70. The zero-order valence-corrected chi connectivity index (χ0v) is 12.6. The minimum Gasteiger partial charge on any atom is -0.312 e. The van der Waals surface area contributed by atoms with Gasteiger partial charge in [-0.2, -0.15) is 0 Å². The Kier molecular flexibility index (Phi) is 5.15. The smallest absolute Gasteiger partial charge is 0.0931 e. The van der Waals surface area contributed by atoms with Crippen molar-refractivity contribution in [2.24, 2.45) is 5.92 Å². The number of hydrogen-bond donors (Lipinski definition) is 1. The second-order valence-corrected chi connectivity index (χ2v) is 6.40. The van der Waals surface area contributed by atoms with Crippen molar-refractivity contribution in [2.75, 3.05) is 26.7 Å². The van der Waals surface area contributed by atoms with Crippen molar-refractivity contribution in [1.82, 2.24) is 15.2 Å². The molecule has 2 heterocycles. The van der Waals surface area contributed by atoms with Crippen LogP contribution in [-0.4, -0.2) is 36.6 Å². The largest absolute Gasteiger partial charge is 0.312 e. The molecule has 1 fully saturated rings. The van der Waals surface area contributed by atoms with Crippen LogP contribution in [0.4, 0.5) is 0 Å². The number of rotatable bonds is 5. The van der Waals surface area contributed by atoms with Crippen LogP contribution >= 0.6 is 11.3 Å². The van der Waals surface area contributed by atoms with E-state index in [2.05, 4.69) is 29.0 Å². The molecule has 1 atom stereocenters. The third-order valence-corrected chi connectivity index (χ3v) is 5.25. The summed E-state index contributed by atoms with van der Waals surface area (Å²) in [5.41, 5.74) is 0. The van der Waals surface area contributed by atoms with Gasteiger partial charge in [0.15, 0.2) is 0 Å². The monoisotopic (exact) mass is 267 g/mol. The molecule has 1 aromatic rings. The number of likely N-dealkylation sites (tertiary alicyclic amines) is 1. The van der Waals surface area contributed by atoms with Crippen molar-refractivity contribution in [1.29, 1.82) is 0 Å². The van der Waals surface area contributed by atoms with Gasteiger partial charge in [0.25, 0.3) is 0 Å². The maximum atomic E-state index is 4.58. The molecule has 1 saturated heterocycles. The van der Waals surface area contributed by atoms with Gasteiger partial charge in [-0.15, -0.1) is 11.3 Å². The molecule has 0 saturated carbocycles. The van der Waals surface area contributed by atoms with Gasteiger partial charge in [0.1, 0.15) is 0 Å². The third kappa shape index (κ3) is 3.53. The molecular formula is C14H25N3S. The van der Waals surface area contributed by atoms with E-state index in [1.54, 1.807) is 0 Å². The second kappa shape index (κ2) is 6.64. The summed E-state index contributed by atoms with van der Waals surface area (Å²) in [4.78, 5) is 8.49. The van der Waals surface area contributed by atoms with E-state index >= 15 is 0 Å². The minimum absolute atomic E-state index is 0.429. The number of nitrogens with zero attached hydrogens (tertiary/aromatic N) is 2. The lowest BCUT2D eigenvalue weighted by atomic mass is 9.94. The first-order valence-corrected chi connectivity index (χ1v) is 7.88. The zero-order valence-electron chi connectivity index (χ0n) is 11.8. The Labute approximate surface area is 115 Å². The topological polar surface area (TPSA) is 28.2 Å². The maximum Gasteiger partial charge on any atom is 0.0931 e. The Morgan fingerprint density at radius 1 is 1.50 bits per heavy atom. The Morgan fingerprint density at radius 3 is 2.83 bits per heavy atom. The van der Waals surface area contributed by atoms with E-state index in [4.69, 9.17) is 0 Å². The van der Waals surface area contributed by atoms with Gasteiger partial charge in [0.05, 0.1) is 5.01 Å². The van der Waals surface area contributed by atoms with Crippen LogP contribution in [0.15, 0.2) is 6.20 Å². The Bertz CT molecular complexity index is 356. The molecule has 1 N–H and O–H groups in total. The standard InChI is InChI=1S/C14H25N3S/c1-4-17-7-5-12(6-8-17)9-14-16-10-13(18-14)11(2)15-3/h10-12,15H,4-9H2,1-3H3. The summed E-state index contributed by atoms with van der Waals surface area (Å²) < 4.78 is 0. The number of piperidine rings is 1. The summed E-state index contributed by atoms with van der Waals surface area (Å²) in [6.07, 6.45) is 5.90. The molecule has 1 aromatic heterocycles. The van der Waals surface area contributed by atoms with E-state index < -0.39 is 0 Å². The van der Waals surface area contributed by atoms with Crippen molar-refractivity contribution in [3.8, 4) is 0 Å². The van der Waals surface area contributed by atoms with E-state index in [-0.39, 0.29) is 0 Å². The van der Waals surface area contributed by atoms with Gasteiger partial charge in [-0.3, -0.25) is 0 Å². The molecule has 0 spiro atoms. The number of thiazole rings is 1. The van der Waals surface area contributed by atoms with Crippen LogP contribution in [0.3, 0.4) is 0 Å². The molecule has 2 rings (SSSR count). The first kappa shape index (κ1) is 14.0. The fourth-order valence-corrected chi connectivity index (χ4v) is 3.61. The van der Waals surface area contributed by atoms with Crippen molar-refractivity contribution < 1.29 is 0 Å². The summed E-state index contributed by atoms with van der Waals surface area (Å²) in [5, 5.41) is 4.60. The number of nitrogens with one attached hydrogen (secondary N) is 1. The first-order chi connectivity index (χ1) is 8.72. The van der Waals surface area contributed by atoms with Crippen LogP contribution in [0.1, 0.15) is 42.6 Å². The highest BCUT2D eigenvalue weighted by Gasteiger charge is 2.19. The van der Waals surface area contributed by atoms with Gasteiger partial charge in [-0.1, -0.05) is 6.92 Å². The summed E-state index contributed by atoms with van der Waals surface area (Å²) in [7, 11) is 2.00. The molecule has 4 heteroatoms. The molecule has 0 aromatic carbocycles. The van der Waals surface area contributed by atoms with Crippen LogP contribution in [0, 0.1) is 5.92 Å². The Hall–Kier alpha value is -0.450. The molecule has 0 amide bonds. The van der Waals surface area contributed by atoms with E-state index in [1.165, 1.54) is 48.8 Å². The average molecular weight is 267 g/mol. The summed E-state index contributed by atoms with van der Waals surface area (Å²) in [6, 6.07) is 0.429. The fourth-order valence-electron chi connectivity index (χ4n) is 2.51. The zero-order chi connectivity index (χ0) is 13.0. The van der Waals surface area contributed by atoms with E-state index in [1.807, 2.05) is 24.6 Å². The van der Waals surface area contributed by atoms with Crippen LogP contribution in [0.25, 0.3) is 0 Å². The molecule has 1 aliphatic rings. The van der Waals surface area contributed by atoms with Gasteiger partial charge < -0.3 is 10.2 Å². The van der Waals surface area contributed by atoms with Crippen LogP contribution in [0.2, 0.25) is 0 Å². The lowest BCUT2D eigenvalue weighted by Gasteiger charge is -2.30. The van der Waals surface area contributed by atoms with Crippen molar-refractivity contribution in [2.45, 2.75) is 39.2 Å². The highest BCUT2D eigenvalue weighted by Crippen LogP contribution is 2.26. The molecular weight excluding hydrogens is 242 g/mol. The SMILES string of the molecule is CCN1CCC(Cc2ncc(C(C)NC)s2)CC1. The first-order valence-electron chi connectivity index (χ1n) is 7.07. The number of aromatic nitrogens is 1. The third-order valence-electron chi connectivity index (χ3n) is 4.05. The van der Waals surface area contributed by atoms with E-state index in [0.717, 1.165) is 5.92 Å². The predicted molar refractivity (Wildman–Crippen MR) is 78.1 cm³/mol. The van der Waals surface area contributed by atoms with Gasteiger partial charge >= 0.3 is 0 Å². The maximum absolute atomic E-state index is 4.58. The Morgan fingerprint density at radius 2 is 2.22 bits per heavy atom. The summed E-state index contributed by atoms with van der Waals surface area (Å²) >= 11 is 1.88. The fraction of sp³-hybridized carbons (Fsp3) is 0.786. The average Bonchev–Trinajstić information content (AvgIpc) is 2.87. The van der Waals surface area contributed by atoms with Crippen molar-refractivity contribution in [3.05, 3.63) is 16.1 Å². The lowest BCUT2D eigenvalue weighted by molar-refractivity contribution is 0.192. The summed E-state index contributed by atoms with van der Waals surface area (Å²) in [5.74, 6) is 0.844. The van der Waals surface area contributed by atoms with Gasteiger partial charge in [0, 0.05) is 23.5 Å². The highest BCUT2D eigenvalue weighted by molar-refractivity contribution is 7.11. The second-order valence-electron chi connectivity index (χ2n) is 5.25. The quantitative estimate of drug-likeness (QED) is 0.889. The lowest BCUT2D eigenvalue weighted by Crippen LogP contribution is -2.33. The minimum atomic E-state index is 0.429. The van der Waals surface area contributed by atoms with Crippen molar-refractivity contribution in [3.63, 3.8) is 0 Å². The molecule has 3 nitrogen and oxygen atoms in total. The van der Waals surface area contributed by atoms with Crippen LogP contribution in [-0.2, 0) is 6.42 Å². The Balaban J connectivity index is 1.85. The highest BCUT2D eigenvalue weighted by atomic mass is 32.1. The molecule has 1 aliphatic heterocycles. The number of hydrogen-bond acceptors (Lipinski definition) is 4. The normalized spacial score (nSPS) is 20.2. The molecule has 102 valence electrons. The molecule has 1 unspecified atom stereocenters.